The number of carbonyl (C=O) groups excluding carboxylic acids is 2. The molecule has 0 aliphatic rings. The Balaban J connectivity index is 1.99. The Morgan fingerprint density at radius 3 is 2.42 bits per heavy atom. The Morgan fingerprint density at radius 2 is 1.82 bits per heavy atom. The van der Waals surface area contributed by atoms with E-state index in [-0.39, 0.29) is 11.5 Å². The van der Waals surface area contributed by atoms with Crippen LogP contribution in [-0.2, 0) is 23.1 Å². The second-order valence-corrected chi connectivity index (χ2v) is 9.07. The van der Waals surface area contributed by atoms with E-state index in [1.54, 1.807) is 13.1 Å². The fraction of sp³-hybridized carbons (Fsp3) is 0.320. The molecular weight excluding hydrogens is 422 g/mol. The molecule has 0 radical (unpaired) electrons. The van der Waals surface area contributed by atoms with Gasteiger partial charge in [0.2, 0.25) is 5.91 Å². The SMILES string of the molecule is CC(=O)Nc1cc(C(=O)O)c2cc(-c3cccc(CN(C)C(=O)OC(C)(C)C)c3)n(C)c2c1. The van der Waals surface area contributed by atoms with Gasteiger partial charge in [-0.2, -0.15) is 0 Å². The van der Waals surface area contributed by atoms with Gasteiger partial charge in [-0.15, -0.1) is 0 Å². The van der Waals surface area contributed by atoms with E-state index in [1.165, 1.54) is 17.9 Å². The van der Waals surface area contributed by atoms with Crippen molar-refractivity contribution in [3.63, 3.8) is 0 Å². The van der Waals surface area contributed by atoms with Crippen LogP contribution in [0.2, 0.25) is 0 Å². The normalized spacial score (nSPS) is 11.3. The van der Waals surface area contributed by atoms with Crippen molar-refractivity contribution in [3.05, 3.63) is 53.6 Å². The molecule has 0 bridgehead atoms. The summed E-state index contributed by atoms with van der Waals surface area (Å²) in [7, 11) is 3.53. The summed E-state index contributed by atoms with van der Waals surface area (Å²) in [4.78, 5) is 37.2. The van der Waals surface area contributed by atoms with E-state index in [9.17, 15) is 19.5 Å². The molecule has 174 valence electrons. The maximum absolute atomic E-state index is 12.3. The molecule has 8 nitrogen and oxygen atoms in total. The van der Waals surface area contributed by atoms with Crippen LogP contribution in [0, 0.1) is 0 Å². The number of aromatic carboxylic acids is 1. The fourth-order valence-electron chi connectivity index (χ4n) is 3.67. The second-order valence-electron chi connectivity index (χ2n) is 9.07. The molecule has 0 spiro atoms. The fourth-order valence-corrected chi connectivity index (χ4v) is 3.67. The predicted octanol–water partition coefficient (Wildman–Crippen LogP) is 4.87. The second kappa shape index (κ2) is 8.97. The summed E-state index contributed by atoms with van der Waals surface area (Å²) in [6, 6.07) is 12.8. The van der Waals surface area contributed by atoms with Crippen molar-refractivity contribution < 1.29 is 24.2 Å². The minimum atomic E-state index is -1.07. The number of carboxylic acids is 1. The highest BCUT2D eigenvalue weighted by atomic mass is 16.6. The monoisotopic (exact) mass is 451 g/mol. The number of aryl methyl sites for hydroxylation is 1. The van der Waals surface area contributed by atoms with Crippen LogP contribution in [0.25, 0.3) is 22.2 Å². The molecule has 0 saturated heterocycles. The first-order chi connectivity index (χ1) is 15.4. The van der Waals surface area contributed by atoms with E-state index in [2.05, 4.69) is 5.32 Å². The largest absolute Gasteiger partial charge is 0.478 e. The highest BCUT2D eigenvalue weighted by molar-refractivity contribution is 6.07. The molecule has 8 heteroatoms. The number of hydrogen-bond donors (Lipinski definition) is 2. The molecule has 0 unspecified atom stereocenters. The van der Waals surface area contributed by atoms with Crippen LogP contribution in [0.1, 0.15) is 43.6 Å². The Kier molecular flexibility index (Phi) is 6.48. The molecule has 1 heterocycles. The van der Waals surface area contributed by atoms with Crippen molar-refractivity contribution in [3.8, 4) is 11.3 Å². The summed E-state index contributed by atoms with van der Waals surface area (Å²) >= 11 is 0. The van der Waals surface area contributed by atoms with Crippen LogP contribution >= 0.6 is 0 Å². The number of nitrogens with zero attached hydrogens (tertiary/aromatic N) is 2. The average molecular weight is 452 g/mol. The summed E-state index contributed by atoms with van der Waals surface area (Å²) in [5.74, 6) is -1.35. The molecular formula is C25H29N3O5. The molecule has 2 N–H and O–H groups in total. The van der Waals surface area contributed by atoms with Gasteiger partial charge in [-0.3, -0.25) is 4.79 Å². The van der Waals surface area contributed by atoms with Gasteiger partial charge >= 0.3 is 12.1 Å². The van der Waals surface area contributed by atoms with Gasteiger partial charge in [0.1, 0.15) is 5.60 Å². The minimum Gasteiger partial charge on any atom is -0.478 e. The van der Waals surface area contributed by atoms with Crippen LogP contribution in [-0.4, -0.2) is 45.2 Å². The Morgan fingerprint density at radius 1 is 1.12 bits per heavy atom. The Hall–Kier alpha value is -3.81. The smallest absolute Gasteiger partial charge is 0.410 e. The van der Waals surface area contributed by atoms with Crippen LogP contribution in [0.3, 0.4) is 0 Å². The lowest BCUT2D eigenvalue weighted by molar-refractivity contribution is -0.114. The third-order valence-corrected chi connectivity index (χ3v) is 5.06. The van der Waals surface area contributed by atoms with Crippen molar-refractivity contribution in [2.45, 2.75) is 39.8 Å². The predicted molar refractivity (Wildman–Crippen MR) is 127 cm³/mol. The molecule has 0 fully saturated rings. The zero-order valence-corrected chi connectivity index (χ0v) is 19.7. The first-order valence-corrected chi connectivity index (χ1v) is 10.5. The van der Waals surface area contributed by atoms with Gasteiger partial charge in [0.05, 0.1) is 11.1 Å². The molecule has 1 aromatic heterocycles. The number of carboxylic acid groups (broad SMARTS) is 1. The highest BCUT2D eigenvalue weighted by Gasteiger charge is 2.20. The first kappa shape index (κ1) is 23.8. The van der Waals surface area contributed by atoms with E-state index in [0.717, 1.165) is 16.8 Å². The molecule has 2 aromatic carbocycles. The van der Waals surface area contributed by atoms with Gasteiger partial charge in [0.15, 0.2) is 0 Å². The highest BCUT2D eigenvalue weighted by Crippen LogP contribution is 2.32. The molecule has 0 aliphatic heterocycles. The van der Waals surface area contributed by atoms with E-state index in [0.29, 0.717) is 23.1 Å². The summed E-state index contributed by atoms with van der Waals surface area (Å²) in [6.45, 7) is 7.20. The van der Waals surface area contributed by atoms with E-state index in [1.807, 2.05) is 62.7 Å². The summed E-state index contributed by atoms with van der Waals surface area (Å²) in [5.41, 5.74) is 3.24. The Labute approximate surface area is 192 Å². The summed E-state index contributed by atoms with van der Waals surface area (Å²) < 4.78 is 7.31. The molecule has 3 aromatic rings. The van der Waals surface area contributed by atoms with Gasteiger partial charge < -0.3 is 24.6 Å². The molecule has 0 atom stereocenters. The van der Waals surface area contributed by atoms with Crippen LogP contribution < -0.4 is 5.32 Å². The van der Waals surface area contributed by atoms with Gasteiger partial charge in [-0.1, -0.05) is 18.2 Å². The zero-order valence-electron chi connectivity index (χ0n) is 19.7. The summed E-state index contributed by atoms with van der Waals surface area (Å²) in [6.07, 6.45) is -0.408. The van der Waals surface area contributed by atoms with E-state index >= 15 is 0 Å². The zero-order chi connectivity index (χ0) is 24.5. The number of ether oxygens (including phenoxy) is 1. The maximum Gasteiger partial charge on any atom is 0.410 e. The van der Waals surface area contributed by atoms with Crippen LogP contribution in [0.5, 0.6) is 0 Å². The van der Waals surface area contributed by atoms with Crippen molar-refractivity contribution in [2.24, 2.45) is 7.05 Å². The summed E-state index contributed by atoms with van der Waals surface area (Å²) in [5, 5.41) is 13.0. The lowest BCUT2D eigenvalue weighted by Gasteiger charge is -2.24. The molecule has 0 saturated carbocycles. The van der Waals surface area contributed by atoms with Gasteiger partial charge in [0.25, 0.3) is 0 Å². The quantitative estimate of drug-likeness (QED) is 0.576. The number of amides is 2. The number of anilines is 1. The van der Waals surface area contributed by atoms with Crippen LogP contribution in [0.4, 0.5) is 10.5 Å². The average Bonchev–Trinajstić information content (AvgIpc) is 3.02. The number of rotatable bonds is 5. The number of hydrogen-bond acceptors (Lipinski definition) is 4. The number of benzene rings is 2. The van der Waals surface area contributed by atoms with Crippen molar-refractivity contribution in [1.29, 1.82) is 0 Å². The number of aromatic nitrogens is 1. The van der Waals surface area contributed by atoms with Crippen molar-refractivity contribution in [2.75, 3.05) is 12.4 Å². The number of carbonyl (C=O) groups is 3. The van der Waals surface area contributed by atoms with Crippen LogP contribution in [0.15, 0.2) is 42.5 Å². The standard InChI is InChI=1S/C25H29N3O5/c1-15(29)26-18-11-20(23(30)31)19-13-21(28(6)22(19)12-18)17-9-7-8-16(10-17)14-27(5)24(32)33-25(2,3)4/h7-13H,14H2,1-6H3,(H,26,29)(H,30,31). The molecule has 33 heavy (non-hydrogen) atoms. The maximum atomic E-state index is 12.3. The molecule has 2 amide bonds. The van der Waals surface area contributed by atoms with Crippen molar-refractivity contribution >= 4 is 34.6 Å². The third kappa shape index (κ3) is 5.52. The lowest BCUT2D eigenvalue weighted by atomic mass is 10.1. The van der Waals surface area contributed by atoms with Gasteiger partial charge in [0, 0.05) is 44.3 Å². The molecule has 0 aliphatic carbocycles. The Bertz CT molecular complexity index is 1240. The number of nitrogens with one attached hydrogen (secondary N) is 1. The number of fused-ring (bicyclic) bond motifs is 1. The minimum absolute atomic E-state index is 0.110. The van der Waals surface area contributed by atoms with Crippen molar-refractivity contribution in [1.82, 2.24) is 9.47 Å². The first-order valence-electron chi connectivity index (χ1n) is 10.5. The van der Waals surface area contributed by atoms with E-state index in [4.69, 9.17) is 4.74 Å². The third-order valence-electron chi connectivity index (χ3n) is 5.06. The van der Waals surface area contributed by atoms with E-state index < -0.39 is 17.7 Å². The van der Waals surface area contributed by atoms with Gasteiger partial charge in [-0.05, 0) is 56.2 Å². The topological polar surface area (TPSA) is 101 Å². The van der Waals surface area contributed by atoms with Gasteiger partial charge in [-0.25, -0.2) is 9.59 Å². The molecule has 3 rings (SSSR count). The lowest BCUT2D eigenvalue weighted by Crippen LogP contribution is -2.33.